The van der Waals surface area contributed by atoms with Crippen molar-refractivity contribution < 1.29 is 9.59 Å². The highest BCUT2D eigenvalue weighted by Gasteiger charge is 2.10. The molecule has 6 heteroatoms. The number of amides is 2. The number of nitrogens with one attached hydrogen (secondary N) is 1. The number of anilines is 1. The van der Waals surface area contributed by atoms with Gasteiger partial charge in [0.1, 0.15) is 0 Å². The molecular weight excluding hydrogens is 256 g/mol. The molecule has 0 spiro atoms. The van der Waals surface area contributed by atoms with E-state index < -0.39 is 11.8 Å². The minimum absolute atomic E-state index is 0.843. The highest BCUT2D eigenvalue weighted by molar-refractivity contribution is 6.34. The van der Waals surface area contributed by atoms with E-state index in [-0.39, 0.29) is 0 Å². The summed E-state index contributed by atoms with van der Waals surface area (Å²) in [5.41, 5.74) is 8.88. The summed E-state index contributed by atoms with van der Waals surface area (Å²) in [6.07, 6.45) is 5.26. The Morgan fingerprint density at radius 1 is 1.15 bits per heavy atom. The molecule has 6 nitrogen and oxygen atoms in total. The molecular formula is C14H18N4O2. The van der Waals surface area contributed by atoms with E-state index in [1.165, 1.54) is 31.2 Å². The lowest BCUT2D eigenvalue weighted by atomic mass is 10.1. The molecule has 1 aromatic carbocycles. The number of hydrazone groups is 1. The molecule has 0 aromatic heterocycles. The second-order valence-electron chi connectivity index (χ2n) is 4.70. The van der Waals surface area contributed by atoms with Crippen LogP contribution in [0.15, 0.2) is 29.4 Å². The van der Waals surface area contributed by atoms with Gasteiger partial charge < -0.3 is 10.6 Å². The highest BCUT2D eigenvalue weighted by atomic mass is 16.2. The predicted molar refractivity (Wildman–Crippen MR) is 77.4 cm³/mol. The molecule has 3 N–H and O–H groups in total. The molecule has 0 aliphatic carbocycles. The summed E-state index contributed by atoms with van der Waals surface area (Å²) in [4.78, 5) is 23.7. The van der Waals surface area contributed by atoms with Gasteiger partial charge in [-0.3, -0.25) is 9.59 Å². The van der Waals surface area contributed by atoms with Gasteiger partial charge in [-0.2, -0.15) is 5.10 Å². The molecule has 0 atom stereocenters. The Hall–Kier alpha value is -2.37. The lowest BCUT2D eigenvalue weighted by molar-refractivity contribution is -0.137. The van der Waals surface area contributed by atoms with Gasteiger partial charge in [0.2, 0.25) is 0 Å². The molecule has 2 rings (SSSR count). The molecule has 0 unspecified atom stereocenters. The number of primary amides is 1. The van der Waals surface area contributed by atoms with E-state index in [0.29, 0.717) is 0 Å². The number of piperidine rings is 1. The van der Waals surface area contributed by atoms with Crippen molar-refractivity contribution in [2.24, 2.45) is 10.8 Å². The van der Waals surface area contributed by atoms with Crippen LogP contribution in [0, 0.1) is 0 Å². The first-order valence-corrected chi connectivity index (χ1v) is 6.64. The standard InChI is InChI=1S/C14H18N4O2/c15-13(19)14(20)17-16-10-11-4-6-12(7-5-11)18-8-2-1-3-9-18/h4-7,10H,1-3,8-9H2,(H2,15,19)(H,17,20)/b16-10+. The van der Waals surface area contributed by atoms with Crippen molar-refractivity contribution in [2.75, 3.05) is 18.0 Å². The number of carbonyl (C=O) groups is 2. The average molecular weight is 274 g/mol. The Bertz CT molecular complexity index is 504. The molecule has 1 aliphatic rings. The van der Waals surface area contributed by atoms with Crippen LogP contribution in [0.25, 0.3) is 0 Å². The molecule has 1 aliphatic heterocycles. The van der Waals surface area contributed by atoms with Gasteiger partial charge in [-0.05, 0) is 37.0 Å². The minimum Gasteiger partial charge on any atom is -0.372 e. The van der Waals surface area contributed by atoms with Gasteiger partial charge in [0.15, 0.2) is 0 Å². The summed E-state index contributed by atoms with van der Waals surface area (Å²) < 4.78 is 0. The lowest BCUT2D eigenvalue weighted by Crippen LogP contribution is -2.32. The summed E-state index contributed by atoms with van der Waals surface area (Å²) >= 11 is 0. The SMILES string of the molecule is NC(=O)C(=O)N/N=C/c1ccc(N2CCCCC2)cc1. The maximum Gasteiger partial charge on any atom is 0.329 e. The number of carbonyl (C=O) groups excluding carboxylic acids is 2. The smallest absolute Gasteiger partial charge is 0.329 e. The van der Waals surface area contributed by atoms with Crippen LogP contribution in [-0.2, 0) is 9.59 Å². The van der Waals surface area contributed by atoms with Crippen LogP contribution in [0.4, 0.5) is 5.69 Å². The number of hydrogen-bond acceptors (Lipinski definition) is 4. The molecule has 2 amide bonds. The Labute approximate surface area is 117 Å². The van der Waals surface area contributed by atoms with Crippen molar-refractivity contribution in [3.05, 3.63) is 29.8 Å². The van der Waals surface area contributed by atoms with Gasteiger partial charge in [-0.15, -0.1) is 0 Å². The van der Waals surface area contributed by atoms with Crippen molar-refractivity contribution in [2.45, 2.75) is 19.3 Å². The van der Waals surface area contributed by atoms with Gasteiger partial charge in [-0.1, -0.05) is 12.1 Å². The van der Waals surface area contributed by atoms with Crippen molar-refractivity contribution >= 4 is 23.7 Å². The van der Waals surface area contributed by atoms with Gasteiger partial charge in [-0.25, -0.2) is 5.43 Å². The Morgan fingerprint density at radius 2 is 1.80 bits per heavy atom. The Kier molecular flexibility index (Phi) is 4.70. The van der Waals surface area contributed by atoms with Crippen LogP contribution in [0.3, 0.4) is 0 Å². The molecule has 1 heterocycles. The van der Waals surface area contributed by atoms with Crippen LogP contribution in [0.5, 0.6) is 0 Å². The summed E-state index contributed by atoms with van der Waals surface area (Å²) in [7, 11) is 0. The number of benzene rings is 1. The fourth-order valence-electron chi connectivity index (χ4n) is 2.14. The van der Waals surface area contributed by atoms with Crippen molar-refractivity contribution in [3.63, 3.8) is 0 Å². The maximum absolute atomic E-state index is 10.9. The predicted octanol–water partition coefficient (Wildman–Crippen LogP) is 0.612. The van der Waals surface area contributed by atoms with E-state index in [0.717, 1.165) is 18.7 Å². The third-order valence-corrected chi connectivity index (χ3v) is 3.22. The van der Waals surface area contributed by atoms with E-state index in [9.17, 15) is 9.59 Å². The first-order chi connectivity index (χ1) is 9.66. The lowest BCUT2D eigenvalue weighted by Gasteiger charge is -2.28. The number of hydrogen-bond donors (Lipinski definition) is 2. The summed E-state index contributed by atoms with van der Waals surface area (Å²) in [5, 5.41) is 3.67. The monoisotopic (exact) mass is 274 g/mol. The molecule has 0 bridgehead atoms. The van der Waals surface area contributed by atoms with Crippen molar-refractivity contribution in [1.29, 1.82) is 0 Å². The van der Waals surface area contributed by atoms with Gasteiger partial charge >= 0.3 is 11.8 Å². The maximum atomic E-state index is 10.9. The molecule has 106 valence electrons. The topological polar surface area (TPSA) is 87.8 Å². The van der Waals surface area contributed by atoms with E-state index in [2.05, 4.69) is 15.4 Å². The molecule has 1 saturated heterocycles. The van der Waals surface area contributed by atoms with Gasteiger partial charge in [0, 0.05) is 18.8 Å². The fourth-order valence-corrected chi connectivity index (χ4v) is 2.14. The normalized spacial score (nSPS) is 15.3. The minimum atomic E-state index is -1.05. The Balaban J connectivity index is 1.92. The number of rotatable bonds is 3. The number of nitrogens with zero attached hydrogens (tertiary/aromatic N) is 2. The Morgan fingerprint density at radius 3 is 2.40 bits per heavy atom. The largest absolute Gasteiger partial charge is 0.372 e. The summed E-state index contributed by atoms with van der Waals surface area (Å²) in [6.45, 7) is 2.20. The number of nitrogens with two attached hydrogens (primary N) is 1. The quantitative estimate of drug-likeness (QED) is 0.481. The van der Waals surface area contributed by atoms with Crippen molar-refractivity contribution in [3.8, 4) is 0 Å². The van der Waals surface area contributed by atoms with Crippen LogP contribution in [-0.4, -0.2) is 31.1 Å². The van der Waals surface area contributed by atoms with Crippen molar-refractivity contribution in [1.82, 2.24) is 5.43 Å². The zero-order chi connectivity index (χ0) is 14.4. The first-order valence-electron chi connectivity index (χ1n) is 6.64. The van der Waals surface area contributed by atoms with Gasteiger partial charge in [0.25, 0.3) is 0 Å². The van der Waals surface area contributed by atoms with E-state index in [4.69, 9.17) is 5.73 Å². The second kappa shape index (κ2) is 6.70. The van der Waals surface area contributed by atoms with E-state index in [1.807, 2.05) is 24.3 Å². The van der Waals surface area contributed by atoms with Crippen LogP contribution < -0.4 is 16.1 Å². The molecule has 0 radical (unpaired) electrons. The summed E-state index contributed by atoms with van der Waals surface area (Å²) in [6, 6.07) is 7.90. The zero-order valence-electron chi connectivity index (χ0n) is 11.2. The molecule has 1 fully saturated rings. The van der Waals surface area contributed by atoms with E-state index >= 15 is 0 Å². The fraction of sp³-hybridized carbons (Fsp3) is 0.357. The van der Waals surface area contributed by atoms with Crippen LogP contribution in [0.1, 0.15) is 24.8 Å². The first kappa shape index (κ1) is 14.0. The van der Waals surface area contributed by atoms with Crippen LogP contribution >= 0.6 is 0 Å². The zero-order valence-corrected chi connectivity index (χ0v) is 11.2. The average Bonchev–Trinajstić information content (AvgIpc) is 2.48. The molecule has 0 saturated carbocycles. The molecule has 1 aromatic rings. The third kappa shape index (κ3) is 3.81. The molecule has 20 heavy (non-hydrogen) atoms. The second-order valence-corrected chi connectivity index (χ2v) is 4.70. The third-order valence-electron chi connectivity index (χ3n) is 3.22. The van der Waals surface area contributed by atoms with E-state index in [1.54, 1.807) is 0 Å². The highest BCUT2D eigenvalue weighted by Crippen LogP contribution is 2.19. The summed E-state index contributed by atoms with van der Waals surface area (Å²) in [5.74, 6) is -1.98. The van der Waals surface area contributed by atoms with Gasteiger partial charge in [0.05, 0.1) is 6.21 Å². The van der Waals surface area contributed by atoms with Crippen LogP contribution in [0.2, 0.25) is 0 Å².